The van der Waals surface area contributed by atoms with Gasteiger partial charge < -0.3 is 33.2 Å². The van der Waals surface area contributed by atoms with Gasteiger partial charge in [0.25, 0.3) is 0 Å². The van der Waals surface area contributed by atoms with Crippen LogP contribution >= 0.6 is 0 Å². The molecular weight excluding hydrogens is 680 g/mol. The third-order valence-electron chi connectivity index (χ3n) is 8.84. The minimum atomic E-state index is -3.77. The standard InChI is InChI=1S/C38H44O12S/c1-27-15-17-30(18-16-27)51(42,43)20-19-44-33(39)38(4,25-49-34(40)36(2)21-45-31(46-22-36)28-11-7-5-8-12-28)26-50-35(41)37(3)23-47-32(48-24-37)29-13-9-6-10-14-29/h5-18,31-32H,19-26H2,1-4H3. The van der Waals surface area contributed by atoms with Gasteiger partial charge in [-0.2, -0.15) is 0 Å². The van der Waals surface area contributed by atoms with Crippen molar-refractivity contribution < 1.29 is 56.0 Å². The van der Waals surface area contributed by atoms with Gasteiger partial charge in [-0.3, -0.25) is 14.4 Å². The van der Waals surface area contributed by atoms with Crippen molar-refractivity contribution in [1.29, 1.82) is 0 Å². The van der Waals surface area contributed by atoms with Crippen molar-refractivity contribution in [3.63, 3.8) is 0 Å². The maximum atomic E-state index is 13.6. The number of benzene rings is 3. The Morgan fingerprint density at radius 2 is 1.10 bits per heavy atom. The molecule has 2 heterocycles. The van der Waals surface area contributed by atoms with Gasteiger partial charge in [0, 0.05) is 11.1 Å². The van der Waals surface area contributed by atoms with Crippen LogP contribution in [0.4, 0.5) is 0 Å². The van der Waals surface area contributed by atoms with Crippen LogP contribution in [0.2, 0.25) is 0 Å². The highest BCUT2D eigenvalue weighted by Gasteiger charge is 2.46. The normalized spacial score (nSPS) is 24.9. The molecule has 0 aliphatic carbocycles. The maximum Gasteiger partial charge on any atom is 0.318 e. The Bertz CT molecular complexity index is 1660. The Hall–Kier alpha value is -4.14. The van der Waals surface area contributed by atoms with Gasteiger partial charge in [0.2, 0.25) is 0 Å². The summed E-state index contributed by atoms with van der Waals surface area (Å²) in [4.78, 5) is 40.4. The monoisotopic (exact) mass is 724 g/mol. The van der Waals surface area contributed by atoms with E-state index < -0.39 is 82.1 Å². The lowest BCUT2D eigenvalue weighted by Gasteiger charge is -2.37. The highest BCUT2D eigenvalue weighted by atomic mass is 32.2. The Morgan fingerprint density at radius 1 is 0.686 bits per heavy atom. The number of carbonyl (C=O) groups excluding carboxylic acids is 3. The number of rotatable bonds is 13. The molecule has 2 saturated heterocycles. The Morgan fingerprint density at radius 3 is 1.51 bits per heavy atom. The molecule has 0 bridgehead atoms. The largest absolute Gasteiger partial charge is 0.464 e. The van der Waals surface area contributed by atoms with E-state index in [1.807, 2.05) is 67.6 Å². The van der Waals surface area contributed by atoms with E-state index in [-0.39, 0.29) is 31.3 Å². The van der Waals surface area contributed by atoms with Crippen LogP contribution in [0.25, 0.3) is 0 Å². The Kier molecular flexibility index (Phi) is 12.0. The molecule has 3 aromatic rings. The highest BCUT2D eigenvalue weighted by molar-refractivity contribution is 7.91. The minimum absolute atomic E-state index is 0.0132. The molecule has 0 amide bonds. The molecule has 2 aliphatic heterocycles. The zero-order chi connectivity index (χ0) is 36.7. The zero-order valence-electron chi connectivity index (χ0n) is 29.2. The highest BCUT2D eigenvalue weighted by Crippen LogP contribution is 2.35. The molecule has 12 nitrogen and oxygen atoms in total. The van der Waals surface area contributed by atoms with Gasteiger partial charge in [-0.05, 0) is 39.8 Å². The number of carbonyl (C=O) groups is 3. The van der Waals surface area contributed by atoms with Crippen LogP contribution in [0.1, 0.15) is 50.0 Å². The molecule has 0 spiro atoms. The first kappa shape index (κ1) is 38.1. The topological polar surface area (TPSA) is 150 Å². The second kappa shape index (κ2) is 16.0. The minimum Gasteiger partial charge on any atom is -0.464 e. The third kappa shape index (κ3) is 9.40. The van der Waals surface area contributed by atoms with Crippen molar-refractivity contribution in [2.24, 2.45) is 16.2 Å². The summed E-state index contributed by atoms with van der Waals surface area (Å²) in [5.41, 5.74) is -1.62. The smallest absolute Gasteiger partial charge is 0.318 e. The van der Waals surface area contributed by atoms with E-state index in [4.69, 9.17) is 33.2 Å². The van der Waals surface area contributed by atoms with Gasteiger partial charge in [0.1, 0.15) is 36.1 Å². The summed E-state index contributed by atoms with van der Waals surface area (Å²) >= 11 is 0. The molecule has 2 aliphatic rings. The van der Waals surface area contributed by atoms with E-state index in [0.29, 0.717) is 0 Å². The van der Waals surface area contributed by atoms with Crippen LogP contribution in [0.5, 0.6) is 0 Å². The van der Waals surface area contributed by atoms with E-state index in [0.717, 1.165) is 16.7 Å². The molecule has 0 unspecified atom stereocenters. The average molecular weight is 725 g/mol. The molecule has 13 heteroatoms. The molecule has 5 rings (SSSR count). The van der Waals surface area contributed by atoms with Crippen LogP contribution in [0.15, 0.2) is 89.8 Å². The molecule has 51 heavy (non-hydrogen) atoms. The van der Waals surface area contributed by atoms with Crippen LogP contribution in [-0.2, 0) is 57.4 Å². The van der Waals surface area contributed by atoms with Gasteiger partial charge in [-0.25, -0.2) is 8.42 Å². The van der Waals surface area contributed by atoms with Crippen molar-refractivity contribution >= 4 is 27.7 Å². The van der Waals surface area contributed by atoms with Crippen LogP contribution < -0.4 is 0 Å². The molecule has 3 aromatic carbocycles. The van der Waals surface area contributed by atoms with Gasteiger partial charge in [-0.1, -0.05) is 78.4 Å². The molecule has 274 valence electrons. The number of hydrogen-bond acceptors (Lipinski definition) is 12. The quantitative estimate of drug-likeness (QED) is 0.174. The van der Waals surface area contributed by atoms with Crippen LogP contribution in [0.3, 0.4) is 0 Å². The molecule has 0 atom stereocenters. The number of aryl methyl sites for hydroxylation is 1. The molecule has 0 radical (unpaired) electrons. The SMILES string of the molecule is Cc1ccc(S(=O)(=O)CCOC(=O)C(C)(COC(=O)C2(C)COC(c3ccccc3)OC2)COC(=O)C2(C)COC(c3ccccc3)OC2)cc1. The first-order valence-electron chi connectivity index (χ1n) is 16.6. The second-order valence-electron chi connectivity index (χ2n) is 13.8. The summed E-state index contributed by atoms with van der Waals surface area (Å²) in [6.07, 6.45) is -1.31. The Labute approximate surface area is 298 Å². The van der Waals surface area contributed by atoms with Crippen molar-refractivity contribution in [3.8, 4) is 0 Å². The zero-order valence-corrected chi connectivity index (χ0v) is 30.0. The van der Waals surface area contributed by atoms with E-state index >= 15 is 0 Å². The summed E-state index contributed by atoms with van der Waals surface area (Å²) in [5, 5.41) is 0. The summed E-state index contributed by atoms with van der Waals surface area (Å²) in [6.45, 7) is 4.87. The molecule has 0 aromatic heterocycles. The number of ether oxygens (including phenoxy) is 7. The summed E-state index contributed by atoms with van der Waals surface area (Å²) < 4.78 is 65.8. The van der Waals surface area contributed by atoms with Crippen molar-refractivity contribution in [2.75, 3.05) is 52.0 Å². The predicted octanol–water partition coefficient (Wildman–Crippen LogP) is 4.91. The van der Waals surface area contributed by atoms with Gasteiger partial charge >= 0.3 is 17.9 Å². The number of sulfone groups is 1. The average Bonchev–Trinajstić information content (AvgIpc) is 3.14. The first-order valence-corrected chi connectivity index (χ1v) is 18.3. The van der Waals surface area contributed by atoms with E-state index in [2.05, 4.69) is 0 Å². The van der Waals surface area contributed by atoms with Crippen LogP contribution in [0, 0.1) is 23.2 Å². The summed E-state index contributed by atoms with van der Waals surface area (Å²) in [5.74, 6) is -2.80. The molecule has 0 N–H and O–H groups in total. The fraction of sp³-hybridized carbons (Fsp3) is 0.447. The fourth-order valence-electron chi connectivity index (χ4n) is 5.30. The summed E-state index contributed by atoms with van der Waals surface area (Å²) in [6, 6.07) is 24.9. The number of esters is 3. The predicted molar refractivity (Wildman–Crippen MR) is 183 cm³/mol. The molecule has 2 fully saturated rings. The van der Waals surface area contributed by atoms with Crippen molar-refractivity contribution in [1.82, 2.24) is 0 Å². The lowest BCUT2D eigenvalue weighted by molar-refractivity contribution is -0.239. The number of hydrogen-bond donors (Lipinski definition) is 0. The first-order chi connectivity index (χ1) is 24.2. The van der Waals surface area contributed by atoms with E-state index in [9.17, 15) is 22.8 Å². The third-order valence-corrected chi connectivity index (χ3v) is 10.5. The van der Waals surface area contributed by atoms with Gasteiger partial charge in [0.05, 0.1) is 37.1 Å². The Balaban J connectivity index is 1.22. The lowest BCUT2D eigenvalue weighted by atomic mass is 9.90. The lowest BCUT2D eigenvalue weighted by Crippen LogP contribution is -2.48. The molecule has 0 saturated carbocycles. The van der Waals surface area contributed by atoms with Gasteiger partial charge in [0.15, 0.2) is 22.4 Å². The summed E-state index contributed by atoms with van der Waals surface area (Å²) in [7, 11) is -3.77. The second-order valence-corrected chi connectivity index (χ2v) is 15.9. The fourth-order valence-corrected chi connectivity index (χ4v) is 6.39. The van der Waals surface area contributed by atoms with Crippen LogP contribution in [-0.4, -0.2) is 78.3 Å². The maximum absolute atomic E-state index is 13.6. The van der Waals surface area contributed by atoms with E-state index in [1.54, 1.807) is 26.0 Å². The van der Waals surface area contributed by atoms with Crippen molar-refractivity contribution in [3.05, 3.63) is 102 Å². The van der Waals surface area contributed by atoms with Crippen molar-refractivity contribution in [2.45, 2.75) is 45.2 Å². The van der Waals surface area contributed by atoms with Gasteiger partial charge in [-0.15, -0.1) is 0 Å². The molecular formula is C38H44O12S. The van der Waals surface area contributed by atoms with E-state index in [1.165, 1.54) is 19.1 Å².